The second-order valence-electron chi connectivity index (χ2n) is 4.82. The molecular weight excluding hydrogens is 230 g/mol. The van der Waals surface area contributed by atoms with Gasteiger partial charge in [-0.15, -0.1) is 0 Å². The van der Waals surface area contributed by atoms with Crippen molar-refractivity contribution in [2.24, 2.45) is 5.73 Å². The standard InChI is InChI=1S/C14H21NOS/c15-14(12-7-3-1-4-8-12)11-17(16)13-9-5-2-6-10-13/h1,3-4,7-8,13-14H,2,5-6,9-11,15H2. The van der Waals surface area contributed by atoms with Crippen molar-refractivity contribution in [1.29, 1.82) is 0 Å². The van der Waals surface area contributed by atoms with Gasteiger partial charge >= 0.3 is 0 Å². The summed E-state index contributed by atoms with van der Waals surface area (Å²) in [5.41, 5.74) is 7.20. The van der Waals surface area contributed by atoms with Crippen molar-refractivity contribution in [1.82, 2.24) is 0 Å². The monoisotopic (exact) mass is 251 g/mol. The molecule has 94 valence electrons. The molecule has 2 N–H and O–H groups in total. The molecule has 1 aliphatic rings. The van der Waals surface area contributed by atoms with Crippen LogP contribution in [0.25, 0.3) is 0 Å². The number of hydrogen-bond donors (Lipinski definition) is 1. The maximum atomic E-state index is 12.2. The summed E-state index contributed by atoms with van der Waals surface area (Å²) >= 11 is 0. The first-order chi connectivity index (χ1) is 8.27. The van der Waals surface area contributed by atoms with Crippen molar-refractivity contribution in [2.75, 3.05) is 5.75 Å². The van der Waals surface area contributed by atoms with Crippen LogP contribution in [0, 0.1) is 0 Å². The number of hydrogen-bond acceptors (Lipinski definition) is 2. The first kappa shape index (κ1) is 12.8. The van der Waals surface area contributed by atoms with Crippen molar-refractivity contribution in [3.8, 4) is 0 Å². The van der Waals surface area contributed by atoms with Gasteiger partial charge in [0.1, 0.15) is 0 Å². The molecule has 1 aromatic rings. The molecule has 0 aliphatic heterocycles. The molecule has 3 heteroatoms. The van der Waals surface area contributed by atoms with Gasteiger partial charge in [0.05, 0.1) is 0 Å². The Labute approximate surface area is 106 Å². The van der Waals surface area contributed by atoms with E-state index in [0.717, 1.165) is 18.4 Å². The molecule has 17 heavy (non-hydrogen) atoms. The van der Waals surface area contributed by atoms with Crippen LogP contribution in [-0.4, -0.2) is 15.2 Å². The first-order valence-electron chi connectivity index (χ1n) is 6.45. The van der Waals surface area contributed by atoms with E-state index >= 15 is 0 Å². The molecule has 0 bridgehead atoms. The maximum absolute atomic E-state index is 12.2. The quantitative estimate of drug-likeness (QED) is 0.894. The molecule has 2 rings (SSSR count). The van der Waals surface area contributed by atoms with Gasteiger partial charge in [0.2, 0.25) is 0 Å². The third kappa shape index (κ3) is 3.65. The molecule has 2 unspecified atom stereocenters. The van der Waals surface area contributed by atoms with Gasteiger partial charge in [0, 0.05) is 27.8 Å². The van der Waals surface area contributed by atoms with Gasteiger partial charge in [0.25, 0.3) is 0 Å². The van der Waals surface area contributed by atoms with Crippen LogP contribution in [-0.2, 0) is 10.8 Å². The summed E-state index contributed by atoms with van der Waals surface area (Å²) in [5, 5.41) is 0.388. The molecule has 1 aromatic carbocycles. The van der Waals surface area contributed by atoms with E-state index in [0.29, 0.717) is 11.0 Å². The van der Waals surface area contributed by atoms with E-state index in [-0.39, 0.29) is 6.04 Å². The highest BCUT2D eigenvalue weighted by molar-refractivity contribution is 7.85. The lowest BCUT2D eigenvalue weighted by molar-refractivity contribution is 0.503. The van der Waals surface area contributed by atoms with Crippen LogP contribution in [0.1, 0.15) is 43.7 Å². The highest BCUT2D eigenvalue weighted by atomic mass is 32.2. The summed E-state index contributed by atoms with van der Waals surface area (Å²) in [5.74, 6) is 0.606. The molecule has 0 radical (unpaired) electrons. The smallest absolute Gasteiger partial charge is 0.0431 e. The number of nitrogens with two attached hydrogens (primary N) is 1. The van der Waals surface area contributed by atoms with Crippen LogP contribution in [0.4, 0.5) is 0 Å². The summed E-state index contributed by atoms with van der Waals surface area (Å²) in [6, 6.07) is 9.90. The van der Waals surface area contributed by atoms with E-state index in [9.17, 15) is 4.21 Å². The van der Waals surface area contributed by atoms with Gasteiger partial charge < -0.3 is 5.73 Å². The van der Waals surface area contributed by atoms with Crippen LogP contribution < -0.4 is 5.73 Å². The van der Waals surface area contributed by atoms with Crippen LogP contribution in [0.15, 0.2) is 30.3 Å². The van der Waals surface area contributed by atoms with Gasteiger partial charge in [-0.3, -0.25) is 4.21 Å². The molecule has 0 saturated heterocycles. The second-order valence-corrected chi connectivity index (χ2v) is 6.59. The van der Waals surface area contributed by atoms with E-state index in [1.54, 1.807) is 0 Å². The highest BCUT2D eigenvalue weighted by Gasteiger charge is 2.21. The van der Waals surface area contributed by atoms with Crippen molar-refractivity contribution >= 4 is 10.8 Å². The molecular formula is C14H21NOS. The fraction of sp³-hybridized carbons (Fsp3) is 0.571. The van der Waals surface area contributed by atoms with Gasteiger partial charge in [-0.05, 0) is 18.4 Å². The Bertz CT molecular complexity index is 360. The zero-order chi connectivity index (χ0) is 12.1. The van der Waals surface area contributed by atoms with E-state index in [2.05, 4.69) is 0 Å². The Morgan fingerprint density at radius 1 is 1.18 bits per heavy atom. The van der Waals surface area contributed by atoms with E-state index in [1.807, 2.05) is 30.3 Å². The van der Waals surface area contributed by atoms with Gasteiger partial charge in [-0.2, -0.15) is 0 Å². The predicted molar refractivity (Wildman–Crippen MR) is 73.3 cm³/mol. The predicted octanol–water partition coefficient (Wildman–Crippen LogP) is 2.77. The Balaban J connectivity index is 1.89. The Morgan fingerprint density at radius 2 is 1.82 bits per heavy atom. The van der Waals surface area contributed by atoms with Gasteiger partial charge in [-0.25, -0.2) is 0 Å². The summed E-state index contributed by atoms with van der Waals surface area (Å²) in [7, 11) is -0.762. The largest absolute Gasteiger partial charge is 0.323 e. The maximum Gasteiger partial charge on any atom is 0.0431 e. The van der Waals surface area contributed by atoms with Crippen LogP contribution in [0.5, 0.6) is 0 Å². The van der Waals surface area contributed by atoms with Crippen LogP contribution in [0.3, 0.4) is 0 Å². The normalized spacial score (nSPS) is 21.0. The van der Waals surface area contributed by atoms with E-state index < -0.39 is 10.8 Å². The zero-order valence-electron chi connectivity index (χ0n) is 10.2. The molecule has 1 aliphatic carbocycles. The van der Waals surface area contributed by atoms with Crippen LogP contribution >= 0.6 is 0 Å². The minimum atomic E-state index is -0.762. The van der Waals surface area contributed by atoms with Gasteiger partial charge in [-0.1, -0.05) is 49.6 Å². The molecule has 0 spiro atoms. The average molecular weight is 251 g/mol. The SMILES string of the molecule is NC(CS(=O)C1CCCCC1)c1ccccc1. The van der Waals surface area contributed by atoms with Crippen molar-refractivity contribution in [2.45, 2.75) is 43.4 Å². The van der Waals surface area contributed by atoms with Crippen LogP contribution in [0.2, 0.25) is 0 Å². The van der Waals surface area contributed by atoms with E-state index in [1.165, 1.54) is 19.3 Å². The lowest BCUT2D eigenvalue weighted by Crippen LogP contribution is -2.26. The molecule has 1 saturated carbocycles. The van der Waals surface area contributed by atoms with Crippen molar-refractivity contribution in [3.05, 3.63) is 35.9 Å². The first-order valence-corrected chi connectivity index (χ1v) is 7.83. The lowest BCUT2D eigenvalue weighted by atomic mass is 10.0. The molecule has 2 nitrogen and oxygen atoms in total. The fourth-order valence-corrected chi connectivity index (χ4v) is 4.12. The molecule has 0 heterocycles. The third-order valence-corrected chi connectivity index (χ3v) is 5.40. The summed E-state index contributed by atoms with van der Waals surface area (Å²) in [6.07, 6.45) is 6.01. The van der Waals surface area contributed by atoms with Gasteiger partial charge in [0.15, 0.2) is 0 Å². The summed E-state index contributed by atoms with van der Waals surface area (Å²) in [4.78, 5) is 0. The third-order valence-electron chi connectivity index (χ3n) is 3.50. The van der Waals surface area contributed by atoms with E-state index in [4.69, 9.17) is 5.73 Å². The molecule has 1 fully saturated rings. The molecule has 0 amide bonds. The summed E-state index contributed by atoms with van der Waals surface area (Å²) < 4.78 is 12.2. The fourth-order valence-electron chi connectivity index (χ4n) is 2.44. The molecule has 0 aromatic heterocycles. The lowest BCUT2D eigenvalue weighted by Gasteiger charge is -2.22. The number of rotatable bonds is 4. The number of benzene rings is 1. The minimum Gasteiger partial charge on any atom is -0.323 e. The Kier molecular flexibility index (Phi) is 4.75. The highest BCUT2D eigenvalue weighted by Crippen LogP contribution is 2.24. The van der Waals surface area contributed by atoms with Crippen molar-refractivity contribution < 1.29 is 4.21 Å². The topological polar surface area (TPSA) is 43.1 Å². The zero-order valence-corrected chi connectivity index (χ0v) is 11.0. The average Bonchev–Trinajstić information content (AvgIpc) is 2.40. The Morgan fingerprint density at radius 3 is 2.47 bits per heavy atom. The molecule has 2 atom stereocenters. The summed E-state index contributed by atoms with van der Waals surface area (Å²) in [6.45, 7) is 0. The Hall–Kier alpha value is -0.670. The van der Waals surface area contributed by atoms with Crippen molar-refractivity contribution in [3.63, 3.8) is 0 Å². The minimum absolute atomic E-state index is 0.0843. The second kappa shape index (κ2) is 6.31.